The van der Waals surface area contributed by atoms with E-state index in [2.05, 4.69) is 15.0 Å². The summed E-state index contributed by atoms with van der Waals surface area (Å²) in [5.74, 6) is 1.42. The number of fused-ring (bicyclic) bond motifs is 2. The van der Waals surface area contributed by atoms with Crippen LogP contribution in [-0.2, 0) is 17.6 Å². The number of carbonyl (C=O) groups is 1. The number of rotatable bonds is 5. The van der Waals surface area contributed by atoms with Crippen LogP contribution in [0.3, 0.4) is 0 Å². The van der Waals surface area contributed by atoms with Crippen LogP contribution in [0.2, 0.25) is 0 Å². The van der Waals surface area contributed by atoms with Crippen molar-refractivity contribution < 1.29 is 14.3 Å². The number of carbonyl (C=O) groups excluding carboxylic acids is 1. The molecule has 0 N–H and O–H groups in total. The maximum absolute atomic E-state index is 12.9. The quantitative estimate of drug-likeness (QED) is 0.655. The van der Waals surface area contributed by atoms with Crippen LogP contribution >= 0.6 is 11.8 Å². The molecular weight excluding hydrogens is 406 g/mol. The van der Waals surface area contributed by atoms with Crippen molar-refractivity contribution >= 4 is 17.7 Å². The summed E-state index contributed by atoms with van der Waals surface area (Å²) in [4.78, 5) is 40.6. The Labute approximate surface area is 177 Å². The highest BCUT2D eigenvalue weighted by molar-refractivity contribution is 7.99. The Morgan fingerprint density at radius 3 is 2.93 bits per heavy atom. The van der Waals surface area contributed by atoms with Crippen molar-refractivity contribution in [3.8, 4) is 11.8 Å². The monoisotopic (exact) mass is 429 g/mol. The third-order valence-corrected chi connectivity index (χ3v) is 6.98. The molecule has 1 saturated heterocycles. The third-order valence-electron chi connectivity index (χ3n) is 5.89. The van der Waals surface area contributed by atoms with Crippen molar-refractivity contribution in [1.29, 1.82) is 0 Å². The molecule has 0 bridgehead atoms. The Morgan fingerprint density at radius 1 is 1.27 bits per heavy atom. The Kier molecular flexibility index (Phi) is 5.10. The molecule has 4 heterocycles. The number of amides is 1. The maximum atomic E-state index is 12.9. The van der Waals surface area contributed by atoms with Gasteiger partial charge in [-0.05, 0) is 19.3 Å². The second-order valence-corrected chi connectivity index (χ2v) is 8.74. The minimum absolute atomic E-state index is 0.0399. The zero-order chi connectivity index (χ0) is 20.7. The maximum Gasteiger partial charge on any atom is 0.278 e. The summed E-state index contributed by atoms with van der Waals surface area (Å²) in [6.07, 6.45) is 6.63. The van der Waals surface area contributed by atoms with Crippen LogP contribution in [0.1, 0.15) is 36.6 Å². The fourth-order valence-corrected chi connectivity index (χ4v) is 5.53. The van der Waals surface area contributed by atoms with Crippen molar-refractivity contribution in [3.63, 3.8) is 0 Å². The number of hydrogen-bond acceptors (Lipinski definition) is 8. The molecule has 2 aliphatic heterocycles. The van der Waals surface area contributed by atoms with Crippen LogP contribution in [-0.4, -0.2) is 62.4 Å². The van der Waals surface area contributed by atoms with Crippen LogP contribution in [0.15, 0.2) is 22.3 Å². The minimum atomic E-state index is -0.155. The van der Waals surface area contributed by atoms with E-state index < -0.39 is 0 Å². The lowest BCUT2D eigenvalue weighted by molar-refractivity contribution is -0.131. The van der Waals surface area contributed by atoms with E-state index in [4.69, 9.17) is 9.47 Å². The van der Waals surface area contributed by atoms with Crippen LogP contribution in [0.25, 0.3) is 0 Å². The predicted molar refractivity (Wildman–Crippen MR) is 109 cm³/mol. The number of methoxy groups -OCH3 is 1. The number of aromatic nitrogens is 4. The minimum Gasteiger partial charge on any atom is -0.477 e. The van der Waals surface area contributed by atoms with Crippen molar-refractivity contribution in [3.05, 3.63) is 34.0 Å². The average Bonchev–Trinajstić information content (AvgIpc) is 3.49. The van der Waals surface area contributed by atoms with Gasteiger partial charge in [0.05, 0.1) is 25.4 Å². The SMILES string of the molecule is COc1nccnc1OC1CCN(C(=O)CC2CSc3nc4c(c(=O)n32)CCC4)C1. The molecule has 0 aromatic carbocycles. The Morgan fingerprint density at radius 2 is 2.10 bits per heavy atom. The molecule has 2 unspecified atom stereocenters. The largest absolute Gasteiger partial charge is 0.477 e. The van der Waals surface area contributed by atoms with Gasteiger partial charge in [0.15, 0.2) is 5.16 Å². The first-order valence-electron chi connectivity index (χ1n) is 10.2. The highest BCUT2D eigenvalue weighted by Gasteiger charge is 2.34. The van der Waals surface area contributed by atoms with Gasteiger partial charge in [0.2, 0.25) is 5.91 Å². The third kappa shape index (κ3) is 3.42. The van der Waals surface area contributed by atoms with E-state index in [-0.39, 0.29) is 23.6 Å². The molecule has 1 fully saturated rings. The van der Waals surface area contributed by atoms with Crippen LogP contribution in [0, 0.1) is 0 Å². The summed E-state index contributed by atoms with van der Waals surface area (Å²) in [6.45, 7) is 1.11. The molecule has 2 aromatic rings. The summed E-state index contributed by atoms with van der Waals surface area (Å²) >= 11 is 1.57. The fraction of sp³-hybridized carbons (Fsp3) is 0.550. The molecular formula is C20H23N5O4S. The zero-order valence-electron chi connectivity index (χ0n) is 16.7. The van der Waals surface area contributed by atoms with Gasteiger partial charge in [-0.25, -0.2) is 15.0 Å². The van der Waals surface area contributed by atoms with Gasteiger partial charge < -0.3 is 14.4 Å². The molecule has 2 aromatic heterocycles. The molecule has 2 atom stereocenters. The van der Waals surface area contributed by atoms with Crippen molar-refractivity contribution in [2.45, 2.75) is 49.4 Å². The lowest BCUT2D eigenvalue weighted by Gasteiger charge is -2.20. The standard InChI is InChI=1S/C20H23N5O4S/c1-28-17-18(22-7-6-21-17)29-13-5-8-24(10-13)16(26)9-12-11-30-20-23-15-4-2-3-14(15)19(27)25(12)20/h6-7,12-13H,2-5,8-11H2,1H3. The number of thioether (sulfide) groups is 1. The summed E-state index contributed by atoms with van der Waals surface area (Å²) in [5.41, 5.74) is 1.84. The first kappa shape index (κ1) is 19.3. The summed E-state index contributed by atoms with van der Waals surface area (Å²) in [6, 6.07) is -0.136. The lowest BCUT2D eigenvalue weighted by atomic mass is 10.2. The highest BCUT2D eigenvalue weighted by atomic mass is 32.2. The van der Waals surface area contributed by atoms with Gasteiger partial charge in [-0.3, -0.25) is 14.2 Å². The Hall–Kier alpha value is -2.62. The molecule has 9 nitrogen and oxygen atoms in total. The van der Waals surface area contributed by atoms with E-state index >= 15 is 0 Å². The summed E-state index contributed by atoms with van der Waals surface area (Å²) in [5, 5.41) is 0.760. The molecule has 158 valence electrons. The van der Waals surface area contributed by atoms with Crippen LogP contribution in [0.4, 0.5) is 0 Å². The van der Waals surface area contributed by atoms with Crippen molar-refractivity contribution in [1.82, 2.24) is 24.4 Å². The first-order chi connectivity index (χ1) is 14.6. The summed E-state index contributed by atoms with van der Waals surface area (Å²) in [7, 11) is 1.52. The van der Waals surface area contributed by atoms with Gasteiger partial charge in [0, 0.05) is 43.1 Å². The van der Waals surface area contributed by atoms with E-state index in [1.807, 2.05) is 4.90 Å². The van der Waals surface area contributed by atoms with E-state index in [1.165, 1.54) is 7.11 Å². The molecule has 0 spiro atoms. The number of ether oxygens (including phenoxy) is 2. The van der Waals surface area contributed by atoms with Gasteiger partial charge in [-0.15, -0.1) is 0 Å². The average molecular weight is 430 g/mol. The second-order valence-electron chi connectivity index (χ2n) is 7.76. The topological polar surface area (TPSA) is 99.4 Å². The lowest BCUT2D eigenvalue weighted by Crippen LogP contribution is -2.35. The summed E-state index contributed by atoms with van der Waals surface area (Å²) < 4.78 is 12.8. The van der Waals surface area contributed by atoms with Gasteiger partial charge in [-0.1, -0.05) is 11.8 Å². The van der Waals surface area contributed by atoms with Gasteiger partial charge >= 0.3 is 0 Å². The van der Waals surface area contributed by atoms with Gasteiger partial charge in [-0.2, -0.15) is 0 Å². The molecule has 30 heavy (non-hydrogen) atoms. The molecule has 1 aliphatic carbocycles. The molecule has 5 rings (SSSR count). The number of hydrogen-bond donors (Lipinski definition) is 0. The van der Waals surface area contributed by atoms with E-state index in [1.54, 1.807) is 28.7 Å². The van der Waals surface area contributed by atoms with E-state index in [9.17, 15) is 9.59 Å². The molecule has 0 saturated carbocycles. The number of nitrogens with zero attached hydrogens (tertiary/aromatic N) is 5. The number of aryl methyl sites for hydroxylation is 1. The molecule has 1 amide bonds. The molecule has 10 heteroatoms. The van der Waals surface area contributed by atoms with Gasteiger partial charge in [0.25, 0.3) is 17.3 Å². The zero-order valence-corrected chi connectivity index (χ0v) is 17.6. The van der Waals surface area contributed by atoms with E-state index in [0.29, 0.717) is 37.0 Å². The van der Waals surface area contributed by atoms with Gasteiger partial charge in [0.1, 0.15) is 6.10 Å². The fourth-order valence-electron chi connectivity index (χ4n) is 4.38. The Balaban J connectivity index is 1.24. The first-order valence-corrected chi connectivity index (χ1v) is 11.2. The smallest absolute Gasteiger partial charge is 0.278 e. The predicted octanol–water partition coefficient (Wildman–Crippen LogP) is 1.25. The van der Waals surface area contributed by atoms with Crippen LogP contribution < -0.4 is 15.0 Å². The number of likely N-dealkylation sites (tertiary alicyclic amines) is 1. The van der Waals surface area contributed by atoms with Crippen molar-refractivity contribution in [2.24, 2.45) is 0 Å². The van der Waals surface area contributed by atoms with E-state index in [0.717, 1.165) is 42.1 Å². The Bertz CT molecular complexity index is 1040. The second kappa shape index (κ2) is 7.90. The van der Waals surface area contributed by atoms with Crippen molar-refractivity contribution in [2.75, 3.05) is 26.0 Å². The molecule has 3 aliphatic rings. The van der Waals surface area contributed by atoms with Crippen LogP contribution in [0.5, 0.6) is 11.8 Å². The normalized spacial score (nSPS) is 22.1. The molecule has 0 radical (unpaired) electrons. The highest BCUT2D eigenvalue weighted by Crippen LogP contribution is 2.34.